The van der Waals surface area contributed by atoms with Gasteiger partial charge in [-0.1, -0.05) is 54.1 Å². The third-order valence-electron chi connectivity index (χ3n) is 4.80. The van der Waals surface area contributed by atoms with Crippen molar-refractivity contribution >= 4 is 21.8 Å². The third-order valence-corrected chi connectivity index (χ3v) is 6.91. The van der Waals surface area contributed by atoms with Crippen LogP contribution in [-0.4, -0.2) is 61.0 Å². The Labute approximate surface area is 165 Å². The minimum absolute atomic E-state index is 0.0753. The summed E-state index contributed by atoms with van der Waals surface area (Å²) in [5, 5.41) is 11.8. The van der Waals surface area contributed by atoms with Gasteiger partial charge >= 0.3 is 0 Å². The van der Waals surface area contributed by atoms with E-state index in [9.17, 15) is 13.5 Å². The molecule has 2 aromatic carbocycles. The predicted octanol–water partition coefficient (Wildman–Crippen LogP) is 2.50. The van der Waals surface area contributed by atoms with E-state index in [2.05, 4.69) is 0 Å². The summed E-state index contributed by atoms with van der Waals surface area (Å²) in [7, 11) is -0.718. The van der Waals surface area contributed by atoms with Crippen molar-refractivity contribution in [3.63, 3.8) is 0 Å². The lowest BCUT2D eigenvalue weighted by Crippen LogP contribution is -2.48. The molecule has 0 radical (unpaired) electrons. The second kappa shape index (κ2) is 8.26. The summed E-state index contributed by atoms with van der Waals surface area (Å²) in [6.45, 7) is 0.597. The number of halogens is 1. The summed E-state index contributed by atoms with van der Waals surface area (Å²) in [6, 6.07) is 16.7. The first-order valence-corrected chi connectivity index (χ1v) is 10.5. The van der Waals surface area contributed by atoms with Crippen LogP contribution in [0.4, 0.5) is 0 Å². The van der Waals surface area contributed by atoms with Crippen molar-refractivity contribution in [2.75, 3.05) is 33.8 Å². The molecule has 0 aromatic heterocycles. The maximum absolute atomic E-state index is 13.1. The largest absolute Gasteiger partial charge is 0.395 e. The van der Waals surface area contributed by atoms with Crippen molar-refractivity contribution in [1.29, 1.82) is 0 Å². The lowest BCUT2D eigenvalue weighted by atomic mass is 9.89. The first kappa shape index (κ1) is 20.3. The van der Waals surface area contributed by atoms with Crippen LogP contribution in [0.25, 0.3) is 0 Å². The zero-order valence-corrected chi connectivity index (χ0v) is 16.9. The molecule has 146 valence electrons. The Bertz CT molecular complexity index is 860. The van der Waals surface area contributed by atoms with E-state index in [4.69, 9.17) is 11.6 Å². The summed E-state index contributed by atoms with van der Waals surface area (Å²) in [4.78, 5) is 0. The molecule has 0 saturated carbocycles. The van der Waals surface area contributed by atoms with Gasteiger partial charge < -0.3 is 5.11 Å². The molecule has 1 fully saturated rings. The fourth-order valence-corrected chi connectivity index (χ4v) is 4.96. The van der Waals surface area contributed by atoms with Gasteiger partial charge in [0.2, 0.25) is 0 Å². The number of nitrogens with zero attached hydrogens (tertiary/aromatic N) is 3. The molecular formula is C19H24ClN3O3S. The number of aliphatic hydroxyl groups excluding tert-OH is 1. The van der Waals surface area contributed by atoms with Crippen LogP contribution in [0, 0.1) is 0 Å². The Kier molecular flexibility index (Phi) is 6.20. The van der Waals surface area contributed by atoms with Gasteiger partial charge in [-0.2, -0.15) is 12.7 Å². The lowest BCUT2D eigenvalue weighted by molar-refractivity contribution is 0.0634. The zero-order valence-electron chi connectivity index (χ0n) is 15.4. The van der Waals surface area contributed by atoms with Gasteiger partial charge in [0.15, 0.2) is 0 Å². The number of rotatable bonds is 6. The fraction of sp³-hybridized carbons (Fsp3) is 0.368. The minimum atomic E-state index is -3.75. The average Bonchev–Trinajstić information content (AvgIpc) is 3.03. The molecule has 6 nitrogen and oxygen atoms in total. The SMILES string of the molecule is CN(C)S(=O)(=O)N1C(c2ccc(Cl)cc2)C(c2ccccc2)CN1CCO. The Balaban J connectivity index is 2.15. The van der Waals surface area contributed by atoms with Crippen LogP contribution in [0.15, 0.2) is 54.6 Å². The molecule has 1 heterocycles. The predicted molar refractivity (Wildman–Crippen MR) is 106 cm³/mol. The summed E-state index contributed by atoms with van der Waals surface area (Å²) < 4.78 is 28.9. The zero-order chi connectivity index (χ0) is 19.6. The Morgan fingerprint density at radius 3 is 2.26 bits per heavy atom. The molecule has 3 rings (SSSR count). The smallest absolute Gasteiger partial charge is 0.295 e. The van der Waals surface area contributed by atoms with Gasteiger partial charge in [0.1, 0.15) is 0 Å². The van der Waals surface area contributed by atoms with Gasteiger partial charge in [0.05, 0.1) is 12.6 Å². The van der Waals surface area contributed by atoms with Crippen molar-refractivity contribution in [2.24, 2.45) is 0 Å². The molecule has 2 unspecified atom stereocenters. The molecule has 8 heteroatoms. The molecule has 0 amide bonds. The van der Waals surface area contributed by atoms with E-state index in [1.54, 1.807) is 17.1 Å². The second-order valence-electron chi connectivity index (χ2n) is 6.71. The molecule has 1 aliphatic rings. The van der Waals surface area contributed by atoms with Crippen molar-refractivity contribution in [2.45, 2.75) is 12.0 Å². The fourth-order valence-electron chi connectivity index (χ4n) is 3.51. The van der Waals surface area contributed by atoms with Gasteiger partial charge in [-0.3, -0.25) is 0 Å². The van der Waals surface area contributed by atoms with Crippen molar-refractivity contribution < 1.29 is 13.5 Å². The standard InChI is InChI=1S/C19H24ClN3O3S/c1-21(2)27(25,26)23-19(16-8-10-17(20)11-9-16)18(14-22(23)12-13-24)15-6-4-3-5-7-15/h3-11,18-19,24H,12-14H2,1-2H3. The Morgan fingerprint density at radius 2 is 1.70 bits per heavy atom. The van der Waals surface area contributed by atoms with Crippen LogP contribution in [0.5, 0.6) is 0 Å². The van der Waals surface area contributed by atoms with Gasteiger partial charge in [-0.15, -0.1) is 4.41 Å². The maximum Gasteiger partial charge on any atom is 0.295 e. The first-order chi connectivity index (χ1) is 12.9. The number of hydrogen-bond acceptors (Lipinski definition) is 4. The quantitative estimate of drug-likeness (QED) is 0.796. The normalized spacial score (nSPS) is 21.8. The molecule has 1 N–H and O–H groups in total. The van der Waals surface area contributed by atoms with E-state index in [1.165, 1.54) is 22.8 Å². The minimum Gasteiger partial charge on any atom is -0.395 e. The van der Waals surface area contributed by atoms with Gasteiger partial charge in [-0.05, 0) is 23.3 Å². The highest BCUT2D eigenvalue weighted by molar-refractivity contribution is 7.86. The highest BCUT2D eigenvalue weighted by atomic mass is 35.5. The summed E-state index contributed by atoms with van der Waals surface area (Å²) in [5.41, 5.74) is 1.91. The van der Waals surface area contributed by atoms with E-state index >= 15 is 0 Å². The van der Waals surface area contributed by atoms with E-state index in [0.717, 1.165) is 11.1 Å². The van der Waals surface area contributed by atoms with E-state index in [1.807, 2.05) is 42.5 Å². The Hall–Kier alpha value is -1.48. The van der Waals surface area contributed by atoms with Crippen molar-refractivity contribution in [3.8, 4) is 0 Å². The van der Waals surface area contributed by atoms with Crippen LogP contribution < -0.4 is 0 Å². The molecule has 2 aromatic rings. The highest BCUT2D eigenvalue weighted by Gasteiger charge is 2.48. The average molecular weight is 410 g/mol. The van der Waals surface area contributed by atoms with Crippen molar-refractivity contribution in [3.05, 3.63) is 70.7 Å². The van der Waals surface area contributed by atoms with Gasteiger partial charge in [0, 0.05) is 38.1 Å². The number of aliphatic hydroxyl groups is 1. The van der Waals surface area contributed by atoms with E-state index in [0.29, 0.717) is 11.6 Å². The number of hydrogen-bond donors (Lipinski definition) is 1. The summed E-state index contributed by atoms with van der Waals surface area (Å²) in [5.74, 6) is -0.0753. The van der Waals surface area contributed by atoms with Crippen molar-refractivity contribution in [1.82, 2.24) is 13.7 Å². The monoisotopic (exact) mass is 409 g/mol. The molecule has 2 atom stereocenters. The maximum atomic E-state index is 13.1. The van der Waals surface area contributed by atoms with E-state index in [-0.39, 0.29) is 19.1 Å². The lowest BCUT2D eigenvalue weighted by Gasteiger charge is -2.33. The molecular weight excluding hydrogens is 386 g/mol. The second-order valence-corrected chi connectivity index (χ2v) is 9.15. The number of benzene rings is 2. The Morgan fingerprint density at radius 1 is 1.07 bits per heavy atom. The van der Waals surface area contributed by atoms with E-state index < -0.39 is 16.3 Å². The van der Waals surface area contributed by atoms with Crippen LogP contribution in [0.2, 0.25) is 5.02 Å². The molecule has 0 aliphatic carbocycles. The molecule has 1 aliphatic heterocycles. The van der Waals surface area contributed by atoms with Crippen LogP contribution >= 0.6 is 11.6 Å². The molecule has 0 bridgehead atoms. The summed E-state index contributed by atoms with van der Waals surface area (Å²) >= 11 is 6.04. The van der Waals surface area contributed by atoms with Crippen LogP contribution in [-0.2, 0) is 10.2 Å². The van der Waals surface area contributed by atoms with Crippen LogP contribution in [0.1, 0.15) is 23.1 Å². The highest BCUT2D eigenvalue weighted by Crippen LogP contribution is 2.45. The topological polar surface area (TPSA) is 64.1 Å². The number of β-amino-alcohol motifs (C(OH)–C–C–N with tert-alkyl or cyclic N) is 1. The number of hydrazine groups is 1. The first-order valence-electron chi connectivity index (χ1n) is 8.74. The van der Waals surface area contributed by atoms with Crippen LogP contribution in [0.3, 0.4) is 0 Å². The molecule has 1 saturated heterocycles. The summed E-state index contributed by atoms with van der Waals surface area (Å²) in [6.07, 6.45) is 0. The van der Waals surface area contributed by atoms with Gasteiger partial charge in [0.25, 0.3) is 10.2 Å². The molecule has 0 spiro atoms. The van der Waals surface area contributed by atoms with Gasteiger partial charge in [-0.25, -0.2) is 5.01 Å². The molecule has 27 heavy (non-hydrogen) atoms. The third kappa shape index (κ3) is 4.03.